The number of carbonyl (C=O) groups is 1. The van der Waals surface area contributed by atoms with Crippen LogP contribution in [0.5, 0.6) is 5.75 Å². The van der Waals surface area contributed by atoms with Crippen LogP contribution in [-0.4, -0.2) is 40.3 Å². The number of hydrogen-bond acceptors (Lipinski definition) is 3. The van der Waals surface area contributed by atoms with Crippen LogP contribution >= 0.6 is 0 Å². The van der Waals surface area contributed by atoms with Crippen molar-refractivity contribution in [3.63, 3.8) is 0 Å². The summed E-state index contributed by atoms with van der Waals surface area (Å²) in [5, 5.41) is 9.45. The number of aromatic amines is 1. The van der Waals surface area contributed by atoms with Crippen molar-refractivity contribution >= 4 is 6.09 Å². The Labute approximate surface area is 173 Å². The minimum absolute atomic E-state index is 0.0176. The number of nitrogens with one attached hydrogen (secondary N) is 1. The highest BCUT2D eigenvalue weighted by Crippen LogP contribution is 2.35. The quantitative estimate of drug-likeness (QED) is 0.763. The second kappa shape index (κ2) is 8.45. The molecule has 162 valence electrons. The van der Waals surface area contributed by atoms with Crippen molar-refractivity contribution in [3.8, 4) is 16.9 Å². The lowest BCUT2D eigenvalue weighted by Gasteiger charge is -2.44. The van der Waals surface area contributed by atoms with E-state index in [4.69, 9.17) is 4.74 Å². The molecular formula is C22H26F2N2O4. The number of benzene rings is 1. The zero-order valence-corrected chi connectivity index (χ0v) is 17.2. The van der Waals surface area contributed by atoms with E-state index in [1.165, 1.54) is 17.2 Å². The molecule has 0 bridgehead atoms. The summed E-state index contributed by atoms with van der Waals surface area (Å²) >= 11 is 0. The normalized spacial score (nSPS) is 19.6. The zero-order valence-electron chi connectivity index (χ0n) is 17.2. The van der Waals surface area contributed by atoms with Gasteiger partial charge in [0.15, 0.2) is 17.4 Å². The van der Waals surface area contributed by atoms with Gasteiger partial charge in [-0.2, -0.15) is 0 Å². The Morgan fingerprint density at radius 2 is 1.90 bits per heavy atom. The van der Waals surface area contributed by atoms with Gasteiger partial charge in [0.05, 0.1) is 6.61 Å². The summed E-state index contributed by atoms with van der Waals surface area (Å²) in [4.78, 5) is 26.9. The number of likely N-dealkylation sites (tertiary alicyclic amines) is 1. The van der Waals surface area contributed by atoms with Crippen molar-refractivity contribution < 1.29 is 23.4 Å². The zero-order chi connectivity index (χ0) is 22.1. The predicted octanol–water partition coefficient (Wildman–Crippen LogP) is 4.50. The molecule has 6 nitrogen and oxygen atoms in total. The number of piperidine rings is 1. The maximum absolute atomic E-state index is 14.5. The fourth-order valence-electron chi connectivity index (χ4n) is 3.93. The first kappa shape index (κ1) is 21.8. The van der Waals surface area contributed by atoms with Gasteiger partial charge in [0, 0.05) is 24.8 Å². The lowest BCUT2D eigenvalue weighted by Crippen LogP contribution is -2.52. The molecule has 0 radical (unpaired) electrons. The Balaban J connectivity index is 1.73. The third-order valence-electron chi connectivity index (χ3n) is 5.53. The molecule has 1 aromatic carbocycles. The monoisotopic (exact) mass is 420 g/mol. The van der Waals surface area contributed by atoms with Gasteiger partial charge in [-0.25, -0.2) is 13.6 Å². The van der Waals surface area contributed by atoms with E-state index in [1.54, 1.807) is 6.07 Å². The van der Waals surface area contributed by atoms with Crippen molar-refractivity contribution in [1.29, 1.82) is 0 Å². The Bertz CT molecular complexity index is 961. The van der Waals surface area contributed by atoms with E-state index in [2.05, 4.69) is 4.98 Å². The molecule has 1 aliphatic heterocycles. The van der Waals surface area contributed by atoms with Crippen molar-refractivity contribution in [2.24, 2.45) is 11.3 Å². The van der Waals surface area contributed by atoms with E-state index in [-0.39, 0.29) is 35.1 Å². The number of H-pyrrole nitrogens is 1. The molecule has 1 aliphatic rings. The van der Waals surface area contributed by atoms with E-state index < -0.39 is 23.5 Å². The number of rotatable bonds is 4. The minimum Gasteiger partial charge on any atom is -0.487 e. The number of pyridine rings is 1. The van der Waals surface area contributed by atoms with Crippen molar-refractivity contribution in [2.45, 2.75) is 39.7 Å². The van der Waals surface area contributed by atoms with Gasteiger partial charge in [0.1, 0.15) is 0 Å². The van der Waals surface area contributed by atoms with Crippen LogP contribution in [-0.2, 0) is 0 Å². The van der Waals surface area contributed by atoms with Crippen molar-refractivity contribution in [2.75, 3.05) is 13.2 Å². The molecule has 0 saturated carbocycles. The van der Waals surface area contributed by atoms with Crippen LogP contribution in [0.1, 0.15) is 33.6 Å². The molecule has 3 rings (SSSR count). The molecule has 30 heavy (non-hydrogen) atoms. The largest absolute Gasteiger partial charge is 0.487 e. The van der Waals surface area contributed by atoms with Crippen LogP contribution in [0.25, 0.3) is 11.1 Å². The number of carboxylic acid groups (broad SMARTS) is 1. The number of halogens is 2. The van der Waals surface area contributed by atoms with Crippen LogP contribution in [0, 0.1) is 23.0 Å². The third-order valence-corrected chi connectivity index (χ3v) is 5.53. The van der Waals surface area contributed by atoms with Crippen molar-refractivity contribution in [1.82, 2.24) is 9.88 Å². The maximum atomic E-state index is 14.5. The van der Waals surface area contributed by atoms with Gasteiger partial charge in [0.2, 0.25) is 5.56 Å². The predicted molar refractivity (Wildman–Crippen MR) is 109 cm³/mol. The molecule has 2 aromatic rings. The maximum Gasteiger partial charge on any atom is 0.407 e. The standard InChI is InChI=1S/C22H26F2N2O4/c1-22(2,3)18-8-13(5-7-26(18)21(28)29)12-30-20-16(23)9-15(10-17(20)24)14-4-6-25-19(27)11-14/h4,6,9-11,13,18H,5,7-8,12H2,1-3H3,(H,25,27)(H,28,29). The van der Waals surface area contributed by atoms with Crippen LogP contribution in [0.3, 0.4) is 0 Å². The van der Waals surface area contributed by atoms with Gasteiger partial charge < -0.3 is 19.7 Å². The summed E-state index contributed by atoms with van der Waals surface area (Å²) < 4.78 is 34.6. The van der Waals surface area contributed by atoms with Crippen molar-refractivity contribution in [3.05, 3.63) is 52.5 Å². The molecular weight excluding hydrogens is 394 g/mol. The highest BCUT2D eigenvalue weighted by atomic mass is 19.1. The summed E-state index contributed by atoms with van der Waals surface area (Å²) in [6, 6.07) is 4.89. The summed E-state index contributed by atoms with van der Waals surface area (Å²) in [5.41, 5.74) is 0.0147. The van der Waals surface area contributed by atoms with E-state index in [0.29, 0.717) is 24.9 Å². The van der Waals surface area contributed by atoms with Gasteiger partial charge in [0.25, 0.3) is 0 Å². The molecule has 1 fully saturated rings. The number of ether oxygens (including phenoxy) is 1. The molecule has 8 heteroatoms. The smallest absolute Gasteiger partial charge is 0.407 e. The molecule has 0 aliphatic carbocycles. The van der Waals surface area contributed by atoms with E-state index >= 15 is 0 Å². The van der Waals surface area contributed by atoms with Crippen LogP contribution in [0.2, 0.25) is 0 Å². The fourth-order valence-corrected chi connectivity index (χ4v) is 3.93. The van der Waals surface area contributed by atoms with E-state index in [0.717, 1.165) is 12.1 Å². The lowest BCUT2D eigenvalue weighted by atomic mass is 9.77. The molecule has 2 unspecified atom stereocenters. The first-order valence-electron chi connectivity index (χ1n) is 9.87. The van der Waals surface area contributed by atoms with Gasteiger partial charge in [-0.05, 0) is 53.5 Å². The van der Waals surface area contributed by atoms with Crippen LogP contribution in [0.15, 0.2) is 35.3 Å². The van der Waals surface area contributed by atoms with Crippen LogP contribution < -0.4 is 10.3 Å². The minimum atomic E-state index is -0.957. The lowest BCUT2D eigenvalue weighted by molar-refractivity contribution is 0.0295. The highest BCUT2D eigenvalue weighted by Gasteiger charge is 2.38. The summed E-state index contributed by atoms with van der Waals surface area (Å²) in [6.07, 6.45) is 1.57. The highest BCUT2D eigenvalue weighted by molar-refractivity contribution is 5.66. The van der Waals surface area contributed by atoms with Gasteiger partial charge in [-0.1, -0.05) is 20.8 Å². The molecule has 2 atom stereocenters. The average Bonchev–Trinajstić information content (AvgIpc) is 2.66. The third kappa shape index (κ3) is 4.80. The Morgan fingerprint density at radius 3 is 2.47 bits per heavy atom. The first-order chi connectivity index (χ1) is 14.1. The first-order valence-corrected chi connectivity index (χ1v) is 9.87. The molecule has 2 heterocycles. The van der Waals surface area contributed by atoms with Crippen LogP contribution in [0.4, 0.5) is 13.6 Å². The molecule has 1 saturated heterocycles. The Morgan fingerprint density at radius 1 is 1.23 bits per heavy atom. The Hall–Kier alpha value is -2.90. The van der Waals surface area contributed by atoms with Gasteiger partial charge in [-0.3, -0.25) is 4.79 Å². The number of nitrogens with zero attached hydrogens (tertiary/aromatic N) is 1. The molecule has 2 N–H and O–H groups in total. The topological polar surface area (TPSA) is 82.6 Å². The average molecular weight is 420 g/mol. The number of hydrogen-bond donors (Lipinski definition) is 2. The number of aromatic nitrogens is 1. The SMILES string of the molecule is CC(C)(C)C1CC(COc2c(F)cc(-c3cc[nH]c(=O)c3)cc2F)CCN1C(=O)O. The molecule has 1 amide bonds. The fraction of sp³-hybridized carbons (Fsp3) is 0.455. The summed E-state index contributed by atoms with van der Waals surface area (Å²) in [6.45, 7) is 6.38. The van der Waals surface area contributed by atoms with Gasteiger partial charge in [-0.15, -0.1) is 0 Å². The number of amides is 1. The Kier molecular flexibility index (Phi) is 6.14. The second-order valence-electron chi connectivity index (χ2n) is 8.77. The van der Waals surface area contributed by atoms with E-state index in [9.17, 15) is 23.5 Å². The summed E-state index contributed by atoms with van der Waals surface area (Å²) in [5.74, 6) is -2.17. The molecule has 1 aromatic heterocycles. The second-order valence-corrected chi connectivity index (χ2v) is 8.77. The van der Waals surface area contributed by atoms with E-state index in [1.807, 2.05) is 20.8 Å². The molecule has 0 spiro atoms. The summed E-state index contributed by atoms with van der Waals surface area (Å²) in [7, 11) is 0. The van der Waals surface area contributed by atoms with Gasteiger partial charge >= 0.3 is 6.09 Å².